The van der Waals surface area contributed by atoms with Gasteiger partial charge in [0.1, 0.15) is 17.5 Å². The number of fused-ring (bicyclic) bond motifs is 1. The number of aromatic amines is 1. The van der Waals surface area contributed by atoms with E-state index in [0.29, 0.717) is 21.8 Å². The van der Waals surface area contributed by atoms with Gasteiger partial charge in [-0.1, -0.05) is 35.9 Å². The molecule has 2 heterocycles. The van der Waals surface area contributed by atoms with Crippen LogP contribution in [0, 0.1) is 17.1 Å². The number of rotatable bonds is 2. The molecule has 128 valence electrons. The number of benzene rings is 2. The molecule has 0 fully saturated rings. The molecule has 0 saturated carbocycles. The number of nitriles is 1. The molecule has 1 aromatic heterocycles. The lowest BCUT2D eigenvalue weighted by molar-refractivity contribution is 0.379. The molecular formula is C19H12ClFN4O. The lowest BCUT2D eigenvalue weighted by Crippen LogP contribution is -2.21. The van der Waals surface area contributed by atoms with Gasteiger partial charge >= 0.3 is 0 Å². The van der Waals surface area contributed by atoms with Crippen LogP contribution in [0.2, 0.25) is 5.02 Å². The van der Waals surface area contributed by atoms with Crippen LogP contribution in [-0.2, 0) is 0 Å². The Morgan fingerprint density at radius 1 is 1.19 bits per heavy atom. The van der Waals surface area contributed by atoms with Crippen molar-refractivity contribution < 1.29 is 9.13 Å². The second kappa shape index (κ2) is 6.21. The number of hydrogen-bond acceptors (Lipinski definition) is 4. The highest BCUT2D eigenvalue weighted by Crippen LogP contribution is 2.46. The lowest BCUT2D eigenvalue weighted by Gasteiger charge is -2.24. The van der Waals surface area contributed by atoms with Crippen molar-refractivity contribution in [3.63, 3.8) is 0 Å². The molecule has 4 rings (SSSR count). The number of hydrogen-bond donors (Lipinski definition) is 2. The Bertz CT molecular complexity index is 1070. The first-order valence-corrected chi connectivity index (χ1v) is 8.14. The average molecular weight is 367 g/mol. The van der Waals surface area contributed by atoms with Crippen LogP contribution >= 0.6 is 11.6 Å². The van der Waals surface area contributed by atoms with Gasteiger partial charge in [0, 0.05) is 10.6 Å². The van der Waals surface area contributed by atoms with Crippen molar-refractivity contribution >= 4 is 11.6 Å². The highest BCUT2D eigenvalue weighted by atomic mass is 35.5. The fourth-order valence-corrected chi connectivity index (χ4v) is 3.23. The largest absolute Gasteiger partial charge is 0.420 e. The number of allylic oxidation sites excluding steroid dienone is 1. The number of ether oxygens (including phenoxy) is 1. The van der Waals surface area contributed by atoms with Gasteiger partial charge in [0.05, 0.1) is 17.2 Å². The van der Waals surface area contributed by atoms with Gasteiger partial charge in [-0.05, 0) is 29.8 Å². The first-order chi connectivity index (χ1) is 12.6. The Kier molecular flexibility index (Phi) is 3.86. The quantitative estimate of drug-likeness (QED) is 0.715. The van der Waals surface area contributed by atoms with Gasteiger partial charge < -0.3 is 10.5 Å². The Hall–Kier alpha value is -3.30. The van der Waals surface area contributed by atoms with Crippen molar-refractivity contribution in [2.45, 2.75) is 5.92 Å². The summed E-state index contributed by atoms with van der Waals surface area (Å²) in [6.45, 7) is 0. The van der Waals surface area contributed by atoms with Gasteiger partial charge in [-0.2, -0.15) is 5.26 Å². The van der Waals surface area contributed by atoms with Crippen LogP contribution in [-0.4, -0.2) is 10.2 Å². The van der Waals surface area contributed by atoms with E-state index in [1.54, 1.807) is 42.5 Å². The molecule has 2 aromatic carbocycles. The smallest absolute Gasteiger partial charge is 0.244 e. The summed E-state index contributed by atoms with van der Waals surface area (Å²) in [6, 6.07) is 15.5. The highest BCUT2D eigenvalue weighted by molar-refractivity contribution is 6.30. The molecule has 0 unspecified atom stereocenters. The summed E-state index contributed by atoms with van der Waals surface area (Å²) >= 11 is 5.98. The Morgan fingerprint density at radius 2 is 1.92 bits per heavy atom. The first-order valence-electron chi connectivity index (χ1n) is 7.76. The molecule has 0 bridgehead atoms. The summed E-state index contributed by atoms with van der Waals surface area (Å²) < 4.78 is 19.9. The van der Waals surface area contributed by atoms with Gasteiger partial charge in [0.15, 0.2) is 0 Å². The fraction of sp³-hybridized carbons (Fsp3) is 0.0526. The highest BCUT2D eigenvalue weighted by Gasteiger charge is 2.36. The molecule has 0 amide bonds. The van der Waals surface area contributed by atoms with Crippen LogP contribution in [0.1, 0.15) is 17.0 Å². The van der Waals surface area contributed by atoms with E-state index in [1.807, 2.05) is 0 Å². The number of aromatic nitrogens is 2. The van der Waals surface area contributed by atoms with Crippen LogP contribution in [0.15, 0.2) is 60.0 Å². The summed E-state index contributed by atoms with van der Waals surface area (Å²) in [5.41, 5.74) is 8.27. The number of H-pyrrole nitrogens is 1. The van der Waals surface area contributed by atoms with E-state index in [4.69, 9.17) is 22.1 Å². The number of nitrogens with one attached hydrogen (secondary N) is 1. The molecule has 3 N–H and O–H groups in total. The molecule has 0 saturated heterocycles. The molecule has 26 heavy (non-hydrogen) atoms. The van der Waals surface area contributed by atoms with E-state index in [2.05, 4.69) is 16.3 Å². The second-order valence-corrected chi connectivity index (χ2v) is 6.21. The van der Waals surface area contributed by atoms with Gasteiger partial charge in [-0.3, -0.25) is 5.10 Å². The van der Waals surface area contributed by atoms with Crippen molar-refractivity contribution in [2.24, 2.45) is 5.73 Å². The summed E-state index contributed by atoms with van der Waals surface area (Å²) in [4.78, 5) is 0. The third-order valence-electron chi connectivity index (χ3n) is 4.29. The van der Waals surface area contributed by atoms with Crippen molar-refractivity contribution in [1.82, 2.24) is 10.2 Å². The number of nitrogens with two attached hydrogens (primary N) is 1. The summed E-state index contributed by atoms with van der Waals surface area (Å²) in [7, 11) is 0. The molecule has 7 heteroatoms. The summed E-state index contributed by atoms with van der Waals surface area (Å²) in [5.74, 6) is -0.754. The predicted molar refractivity (Wildman–Crippen MR) is 94.7 cm³/mol. The van der Waals surface area contributed by atoms with Gasteiger partial charge in [-0.25, -0.2) is 4.39 Å². The van der Waals surface area contributed by atoms with Crippen LogP contribution in [0.25, 0.3) is 11.3 Å². The maximum absolute atomic E-state index is 14.4. The third kappa shape index (κ3) is 2.50. The average Bonchev–Trinajstić information content (AvgIpc) is 3.05. The van der Waals surface area contributed by atoms with E-state index >= 15 is 0 Å². The second-order valence-electron chi connectivity index (χ2n) is 5.77. The molecule has 0 radical (unpaired) electrons. The van der Waals surface area contributed by atoms with Crippen molar-refractivity contribution in [2.75, 3.05) is 0 Å². The molecule has 1 atom stereocenters. The SMILES string of the molecule is N#CC1=C(N)Oc2n[nH]c(-c3ccccc3F)c2[C@H]1c1ccc(Cl)cc1. The van der Waals surface area contributed by atoms with E-state index in [9.17, 15) is 9.65 Å². The predicted octanol–water partition coefficient (Wildman–Crippen LogP) is 4.09. The zero-order valence-electron chi connectivity index (χ0n) is 13.3. The van der Waals surface area contributed by atoms with Crippen molar-refractivity contribution in [1.29, 1.82) is 5.26 Å². The lowest BCUT2D eigenvalue weighted by atomic mass is 9.83. The van der Waals surface area contributed by atoms with E-state index < -0.39 is 11.7 Å². The van der Waals surface area contributed by atoms with E-state index in [0.717, 1.165) is 5.56 Å². The van der Waals surface area contributed by atoms with E-state index in [-0.39, 0.29) is 17.3 Å². The van der Waals surface area contributed by atoms with Gasteiger partial charge in [0.2, 0.25) is 11.8 Å². The van der Waals surface area contributed by atoms with Crippen LogP contribution in [0.4, 0.5) is 4.39 Å². The normalized spacial score (nSPS) is 16.0. The fourth-order valence-electron chi connectivity index (χ4n) is 3.10. The molecule has 0 aliphatic carbocycles. The maximum atomic E-state index is 14.4. The number of nitrogens with zero attached hydrogens (tertiary/aromatic N) is 2. The minimum Gasteiger partial charge on any atom is -0.420 e. The van der Waals surface area contributed by atoms with Gasteiger partial charge in [0.25, 0.3) is 0 Å². The minimum absolute atomic E-state index is 0.0217. The molecule has 0 spiro atoms. The van der Waals surface area contributed by atoms with Crippen LogP contribution < -0.4 is 10.5 Å². The molecule has 5 nitrogen and oxygen atoms in total. The van der Waals surface area contributed by atoms with Crippen molar-refractivity contribution in [3.8, 4) is 23.2 Å². The maximum Gasteiger partial charge on any atom is 0.244 e. The Morgan fingerprint density at radius 3 is 2.62 bits per heavy atom. The standard InChI is InChI=1S/C19H12ClFN4O/c20-11-7-5-10(6-8-11)15-13(9-22)18(23)26-19-16(15)17(24-25-19)12-3-1-2-4-14(12)21/h1-8,15H,23H2,(H,24,25)/t15-/m0/s1. The zero-order chi connectivity index (χ0) is 18.3. The van der Waals surface area contributed by atoms with E-state index in [1.165, 1.54) is 6.07 Å². The molecule has 3 aromatic rings. The van der Waals surface area contributed by atoms with Crippen molar-refractivity contribution in [3.05, 3.63) is 82.0 Å². The van der Waals surface area contributed by atoms with Crippen LogP contribution in [0.5, 0.6) is 5.88 Å². The molecule has 1 aliphatic rings. The summed E-state index contributed by atoms with van der Waals surface area (Å²) in [6.07, 6.45) is 0. The zero-order valence-corrected chi connectivity index (χ0v) is 14.1. The molecular weight excluding hydrogens is 355 g/mol. The first kappa shape index (κ1) is 16.2. The minimum atomic E-state index is -0.547. The monoisotopic (exact) mass is 366 g/mol. The van der Waals surface area contributed by atoms with Gasteiger partial charge in [-0.15, -0.1) is 5.10 Å². The molecule has 1 aliphatic heterocycles. The Labute approximate surface area is 153 Å². The third-order valence-corrected chi connectivity index (χ3v) is 4.54. The Balaban J connectivity index is 1.97. The summed E-state index contributed by atoms with van der Waals surface area (Å²) in [5, 5.41) is 17.1. The van der Waals surface area contributed by atoms with Crippen LogP contribution in [0.3, 0.4) is 0 Å². The number of halogens is 2. The topological polar surface area (TPSA) is 87.7 Å².